The molecular formula is C16H19N3O3. The summed E-state index contributed by atoms with van der Waals surface area (Å²) in [5, 5.41) is 8.80. The summed E-state index contributed by atoms with van der Waals surface area (Å²) < 4.78 is 5.31. The summed E-state index contributed by atoms with van der Waals surface area (Å²) in [5.74, 6) is 11.0. The second kappa shape index (κ2) is 7.38. The molecule has 0 spiro atoms. The van der Waals surface area contributed by atoms with E-state index in [1.807, 2.05) is 12.1 Å². The van der Waals surface area contributed by atoms with Crippen LogP contribution < -0.4 is 21.7 Å². The van der Waals surface area contributed by atoms with E-state index >= 15 is 0 Å². The Balaban J connectivity index is 2.05. The molecule has 1 aromatic rings. The van der Waals surface area contributed by atoms with Gasteiger partial charge in [0.1, 0.15) is 5.75 Å². The van der Waals surface area contributed by atoms with Crippen LogP contribution in [-0.2, 0) is 4.79 Å². The topological polar surface area (TPSA) is 111 Å². The fourth-order valence-corrected chi connectivity index (χ4v) is 2.24. The molecule has 0 saturated heterocycles. The maximum absolute atomic E-state index is 10.8. The summed E-state index contributed by atoms with van der Waals surface area (Å²) in [5.41, 5.74) is 7.88. The van der Waals surface area contributed by atoms with Crippen molar-refractivity contribution < 1.29 is 14.6 Å². The number of benzene rings is 1. The maximum Gasteiger partial charge on any atom is 0.357 e. The zero-order valence-corrected chi connectivity index (χ0v) is 12.1. The lowest BCUT2D eigenvalue weighted by atomic mass is 10.1. The van der Waals surface area contributed by atoms with Crippen LogP contribution in [0.15, 0.2) is 35.8 Å². The molecule has 6 heteroatoms. The van der Waals surface area contributed by atoms with Gasteiger partial charge in [-0.25, -0.2) is 10.6 Å². The third kappa shape index (κ3) is 4.17. The second-order valence-electron chi connectivity index (χ2n) is 5.07. The zero-order valence-electron chi connectivity index (χ0n) is 12.1. The van der Waals surface area contributed by atoms with Crippen LogP contribution in [0.3, 0.4) is 0 Å². The first-order valence-electron chi connectivity index (χ1n) is 7.09. The van der Waals surface area contributed by atoms with Gasteiger partial charge in [-0.2, -0.15) is 0 Å². The lowest BCUT2D eigenvalue weighted by Gasteiger charge is -2.10. The van der Waals surface area contributed by atoms with E-state index in [0.717, 1.165) is 5.56 Å². The first-order valence-corrected chi connectivity index (χ1v) is 7.09. The Hall–Kier alpha value is -2.65. The van der Waals surface area contributed by atoms with E-state index in [-0.39, 0.29) is 5.88 Å². The molecule has 116 valence electrons. The number of hydrazine groups is 1. The van der Waals surface area contributed by atoms with Crippen LogP contribution in [0, 0.1) is 17.8 Å². The molecule has 6 nitrogen and oxygen atoms in total. The smallest absolute Gasteiger partial charge is 0.357 e. The summed E-state index contributed by atoms with van der Waals surface area (Å²) >= 11 is 0. The van der Waals surface area contributed by atoms with Crippen molar-refractivity contribution in [3.63, 3.8) is 0 Å². The predicted octanol–water partition coefficient (Wildman–Crippen LogP) is 1.28. The Labute approximate surface area is 129 Å². The Morgan fingerprint density at radius 1 is 1.27 bits per heavy atom. The monoisotopic (exact) mass is 301 g/mol. The Morgan fingerprint density at radius 3 is 2.45 bits per heavy atom. The van der Waals surface area contributed by atoms with Crippen molar-refractivity contribution in [3.05, 3.63) is 41.4 Å². The summed E-state index contributed by atoms with van der Waals surface area (Å²) in [6, 6.07) is 6.99. The number of nitrogens with one attached hydrogen (secondary N) is 1. The third-order valence-corrected chi connectivity index (χ3v) is 3.46. The largest absolute Gasteiger partial charge is 0.476 e. The highest BCUT2D eigenvalue weighted by Gasteiger charge is 2.12. The van der Waals surface area contributed by atoms with Gasteiger partial charge in [0.05, 0.1) is 0 Å². The van der Waals surface area contributed by atoms with Crippen molar-refractivity contribution in [1.29, 1.82) is 0 Å². The van der Waals surface area contributed by atoms with E-state index in [1.165, 1.54) is 25.7 Å². The maximum atomic E-state index is 10.8. The lowest BCUT2D eigenvalue weighted by molar-refractivity contribution is -0.132. The molecule has 0 aliphatic heterocycles. The van der Waals surface area contributed by atoms with Crippen molar-refractivity contribution in [3.8, 4) is 17.6 Å². The number of carboxylic acids is 1. The molecule has 0 aromatic heterocycles. The Bertz CT molecular complexity index is 620. The van der Waals surface area contributed by atoms with Crippen molar-refractivity contribution in [2.24, 2.45) is 17.5 Å². The summed E-state index contributed by atoms with van der Waals surface area (Å²) in [4.78, 5) is 10.8. The van der Waals surface area contributed by atoms with Gasteiger partial charge in [-0.05, 0) is 37.1 Å². The molecule has 0 atom stereocenters. The molecule has 1 aliphatic rings. The van der Waals surface area contributed by atoms with Crippen LogP contribution in [0.2, 0.25) is 0 Å². The first-order chi connectivity index (χ1) is 10.6. The fraction of sp³-hybridized carbons (Fsp3) is 0.312. The molecule has 0 bridgehead atoms. The van der Waals surface area contributed by atoms with E-state index in [1.54, 1.807) is 12.1 Å². The molecule has 6 N–H and O–H groups in total. The van der Waals surface area contributed by atoms with Crippen molar-refractivity contribution in [2.45, 2.75) is 25.7 Å². The van der Waals surface area contributed by atoms with Crippen molar-refractivity contribution in [1.82, 2.24) is 5.43 Å². The number of aliphatic carboxylic acids is 1. The molecule has 0 heterocycles. The normalized spacial score (nSPS) is 15.5. The number of carbonyl (C=O) groups is 1. The quantitative estimate of drug-likeness (QED) is 0.219. The number of nitrogens with two attached hydrogens (primary N) is 2. The molecule has 1 saturated carbocycles. The van der Waals surface area contributed by atoms with Gasteiger partial charge in [-0.15, -0.1) is 0 Å². The Kier molecular flexibility index (Phi) is 5.28. The van der Waals surface area contributed by atoms with Gasteiger partial charge in [-0.3, -0.25) is 5.43 Å². The molecule has 2 rings (SSSR count). The highest BCUT2D eigenvalue weighted by molar-refractivity contribution is 5.85. The number of hydrogen-bond donors (Lipinski definition) is 4. The van der Waals surface area contributed by atoms with Gasteiger partial charge >= 0.3 is 5.97 Å². The minimum Gasteiger partial charge on any atom is -0.476 e. The van der Waals surface area contributed by atoms with Crippen LogP contribution in [-0.4, -0.2) is 11.1 Å². The lowest BCUT2D eigenvalue weighted by Crippen LogP contribution is -2.31. The van der Waals surface area contributed by atoms with Gasteiger partial charge in [0.25, 0.3) is 0 Å². The van der Waals surface area contributed by atoms with Gasteiger partial charge < -0.3 is 15.6 Å². The Morgan fingerprint density at radius 2 is 1.91 bits per heavy atom. The number of ether oxygens (including phenoxy) is 1. The zero-order chi connectivity index (χ0) is 15.9. The molecule has 0 radical (unpaired) electrons. The van der Waals surface area contributed by atoms with E-state index in [0.29, 0.717) is 11.7 Å². The third-order valence-electron chi connectivity index (χ3n) is 3.46. The minimum absolute atomic E-state index is 0.211. The number of hydrogen-bond acceptors (Lipinski definition) is 5. The average molecular weight is 301 g/mol. The summed E-state index contributed by atoms with van der Waals surface area (Å²) in [7, 11) is 0. The van der Waals surface area contributed by atoms with Gasteiger partial charge in [0.15, 0.2) is 5.70 Å². The number of rotatable bonds is 4. The van der Waals surface area contributed by atoms with Crippen LogP contribution in [0.1, 0.15) is 31.2 Å². The van der Waals surface area contributed by atoms with Crippen molar-refractivity contribution in [2.75, 3.05) is 0 Å². The molecular weight excluding hydrogens is 282 g/mol. The van der Waals surface area contributed by atoms with Crippen LogP contribution in [0.25, 0.3) is 0 Å². The van der Waals surface area contributed by atoms with E-state index in [4.69, 9.17) is 21.4 Å². The molecule has 0 amide bonds. The molecule has 1 fully saturated rings. The SMILES string of the molecule is NN/C(Oc1ccc(C#CC2CCCC2)cc1)=C(\N)C(=O)O. The molecule has 1 aliphatic carbocycles. The standard InChI is InChI=1S/C16H19N3O3/c17-14(16(20)21)15(19-18)22-13-9-7-12(8-10-13)6-5-11-3-1-2-4-11/h7-11,19H,1-4,17-18H2,(H,20,21)/b15-14+. The minimum atomic E-state index is -1.31. The summed E-state index contributed by atoms with van der Waals surface area (Å²) in [6.45, 7) is 0. The van der Waals surface area contributed by atoms with Gasteiger partial charge in [0, 0.05) is 11.5 Å². The van der Waals surface area contributed by atoms with Gasteiger partial charge in [0.2, 0.25) is 5.88 Å². The molecule has 0 unspecified atom stereocenters. The van der Waals surface area contributed by atoms with E-state index < -0.39 is 11.7 Å². The van der Waals surface area contributed by atoms with Crippen molar-refractivity contribution >= 4 is 5.97 Å². The summed E-state index contributed by atoms with van der Waals surface area (Å²) in [6.07, 6.45) is 4.88. The molecule has 1 aromatic carbocycles. The predicted molar refractivity (Wildman–Crippen MR) is 82.1 cm³/mol. The van der Waals surface area contributed by atoms with Crippen LogP contribution in [0.4, 0.5) is 0 Å². The molecule has 22 heavy (non-hydrogen) atoms. The first kappa shape index (κ1) is 15.7. The average Bonchev–Trinajstić information content (AvgIpc) is 3.04. The van der Waals surface area contributed by atoms with Gasteiger partial charge in [-0.1, -0.05) is 24.7 Å². The fourth-order valence-electron chi connectivity index (χ4n) is 2.24. The van der Waals surface area contributed by atoms with E-state index in [2.05, 4.69) is 17.3 Å². The second-order valence-corrected chi connectivity index (χ2v) is 5.07. The van der Waals surface area contributed by atoms with Crippen LogP contribution in [0.5, 0.6) is 5.75 Å². The highest BCUT2D eigenvalue weighted by Crippen LogP contribution is 2.23. The van der Waals surface area contributed by atoms with Crippen LogP contribution >= 0.6 is 0 Å². The van der Waals surface area contributed by atoms with E-state index in [9.17, 15) is 4.79 Å². The number of carboxylic acid groups (broad SMARTS) is 1. The highest BCUT2D eigenvalue weighted by atomic mass is 16.5.